The lowest BCUT2D eigenvalue weighted by atomic mass is 10.2. The minimum Gasteiger partial charge on any atom is -0.453 e. The molecule has 0 aliphatic carbocycles. The molecule has 7 heteroatoms. The van der Waals surface area contributed by atoms with Crippen molar-refractivity contribution < 1.29 is 9.66 Å². The van der Waals surface area contributed by atoms with Crippen LogP contribution in [0.4, 0.5) is 11.4 Å². The van der Waals surface area contributed by atoms with Crippen molar-refractivity contribution in [1.29, 1.82) is 0 Å². The fourth-order valence-corrected chi connectivity index (χ4v) is 3.03. The summed E-state index contributed by atoms with van der Waals surface area (Å²) < 4.78 is 5.91. The summed E-state index contributed by atoms with van der Waals surface area (Å²) in [4.78, 5) is 12.7. The Morgan fingerprint density at radius 1 is 1.00 bits per heavy atom. The van der Waals surface area contributed by atoms with E-state index in [0.717, 1.165) is 5.56 Å². The highest BCUT2D eigenvalue weighted by Gasteiger charge is 2.23. The summed E-state index contributed by atoms with van der Waals surface area (Å²) in [6, 6.07) is 19.6. The Hall–Kier alpha value is -2.76. The second kappa shape index (κ2) is 8.29. The molecule has 0 unspecified atom stereocenters. The number of hydrogen-bond acceptors (Lipinski definition) is 4. The Labute approximate surface area is 166 Å². The number of nitrogens with zero attached hydrogens (tertiary/aromatic N) is 2. The van der Waals surface area contributed by atoms with Gasteiger partial charge < -0.3 is 9.64 Å². The first-order valence-electron chi connectivity index (χ1n) is 8.11. The Bertz CT molecular complexity index is 947. The molecule has 0 aliphatic rings. The zero-order chi connectivity index (χ0) is 19.4. The monoisotopic (exact) mass is 402 g/mol. The molecule has 27 heavy (non-hydrogen) atoms. The summed E-state index contributed by atoms with van der Waals surface area (Å²) in [7, 11) is 1.87. The van der Waals surface area contributed by atoms with E-state index in [1.165, 1.54) is 6.07 Å². The number of nitro groups is 1. The average molecular weight is 403 g/mol. The summed E-state index contributed by atoms with van der Waals surface area (Å²) in [5, 5.41) is 11.8. The first-order valence-corrected chi connectivity index (χ1v) is 8.86. The van der Waals surface area contributed by atoms with Crippen LogP contribution in [-0.2, 0) is 6.54 Å². The van der Waals surface area contributed by atoms with E-state index in [4.69, 9.17) is 27.9 Å². The summed E-state index contributed by atoms with van der Waals surface area (Å²) >= 11 is 12.2. The maximum absolute atomic E-state index is 11.3. The van der Waals surface area contributed by atoms with Gasteiger partial charge in [-0.2, -0.15) is 0 Å². The molecule has 0 N–H and O–H groups in total. The fourth-order valence-electron chi connectivity index (χ4n) is 2.64. The van der Waals surface area contributed by atoms with E-state index in [1.807, 2.05) is 42.3 Å². The largest absolute Gasteiger partial charge is 0.453 e. The lowest BCUT2D eigenvalue weighted by molar-refractivity contribution is -0.384. The van der Waals surface area contributed by atoms with E-state index < -0.39 is 4.92 Å². The summed E-state index contributed by atoms with van der Waals surface area (Å²) in [6.07, 6.45) is 0. The lowest BCUT2D eigenvalue weighted by Crippen LogP contribution is -2.17. The Morgan fingerprint density at radius 3 is 2.30 bits per heavy atom. The molecule has 138 valence electrons. The first kappa shape index (κ1) is 19.0. The first-order chi connectivity index (χ1) is 13.0. The molecule has 5 nitrogen and oxygen atoms in total. The molecule has 0 heterocycles. The molecule has 0 aromatic heterocycles. The predicted molar refractivity (Wildman–Crippen MR) is 108 cm³/mol. The molecular formula is C20H16Cl2N2O3. The standard InChI is InChI=1S/C20H16Cl2N2O3/c1-23(13-14-5-3-2-4-6-14)18-12-11-17(24(25)26)19(22)20(18)27-16-9-7-15(21)8-10-16/h2-12H,13H2,1H3. The molecule has 0 amide bonds. The molecule has 0 saturated heterocycles. The molecule has 0 fully saturated rings. The normalized spacial score (nSPS) is 10.5. The number of benzene rings is 3. The van der Waals surface area contributed by atoms with Gasteiger partial charge in [-0.1, -0.05) is 53.5 Å². The Kier molecular flexibility index (Phi) is 5.84. The number of rotatable bonds is 6. The van der Waals surface area contributed by atoms with Gasteiger partial charge in [0.1, 0.15) is 5.75 Å². The molecule has 0 spiro atoms. The van der Waals surface area contributed by atoms with Crippen LogP contribution in [0.3, 0.4) is 0 Å². The third-order valence-electron chi connectivity index (χ3n) is 3.96. The highest BCUT2D eigenvalue weighted by Crippen LogP contribution is 2.44. The zero-order valence-corrected chi connectivity index (χ0v) is 15.9. The molecule has 3 aromatic carbocycles. The van der Waals surface area contributed by atoms with Crippen molar-refractivity contribution in [3.05, 3.63) is 92.5 Å². The number of anilines is 1. The Morgan fingerprint density at radius 2 is 1.67 bits per heavy atom. The van der Waals surface area contributed by atoms with E-state index in [2.05, 4.69) is 0 Å². The van der Waals surface area contributed by atoms with Gasteiger partial charge >= 0.3 is 0 Å². The molecule has 0 atom stereocenters. The summed E-state index contributed by atoms with van der Waals surface area (Å²) in [6.45, 7) is 0.589. The molecule has 3 aromatic rings. The molecule has 3 rings (SSSR count). The molecule has 0 radical (unpaired) electrons. The summed E-state index contributed by atoms with van der Waals surface area (Å²) in [5.74, 6) is 0.711. The SMILES string of the molecule is CN(Cc1ccccc1)c1ccc([N+](=O)[O-])c(Cl)c1Oc1ccc(Cl)cc1. The molecule has 0 bridgehead atoms. The maximum Gasteiger partial charge on any atom is 0.291 e. The van der Waals surface area contributed by atoms with Crippen LogP contribution in [0.25, 0.3) is 0 Å². The van der Waals surface area contributed by atoms with Crippen LogP contribution >= 0.6 is 23.2 Å². The van der Waals surface area contributed by atoms with E-state index in [-0.39, 0.29) is 16.5 Å². The van der Waals surface area contributed by atoms with Gasteiger partial charge in [0.25, 0.3) is 5.69 Å². The van der Waals surface area contributed by atoms with Gasteiger partial charge in [0.05, 0.1) is 10.6 Å². The van der Waals surface area contributed by atoms with E-state index >= 15 is 0 Å². The van der Waals surface area contributed by atoms with Crippen molar-refractivity contribution in [2.75, 3.05) is 11.9 Å². The van der Waals surface area contributed by atoms with Gasteiger partial charge in [-0.15, -0.1) is 0 Å². The topological polar surface area (TPSA) is 55.6 Å². The molecule has 0 saturated carbocycles. The molecular weight excluding hydrogens is 387 g/mol. The van der Waals surface area contributed by atoms with Crippen molar-refractivity contribution in [3.8, 4) is 11.5 Å². The van der Waals surface area contributed by atoms with Crippen molar-refractivity contribution in [3.63, 3.8) is 0 Å². The minimum absolute atomic E-state index is 0.0487. The fraction of sp³-hybridized carbons (Fsp3) is 0.100. The second-order valence-electron chi connectivity index (χ2n) is 5.90. The van der Waals surface area contributed by atoms with E-state index in [0.29, 0.717) is 23.0 Å². The number of ether oxygens (including phenoxy) is 1. The van der Waals surface area contributed by atoms with Crippen molar-refractivity contribution in [2.45, 2.75) is 6.54 Å². The molecule has 0 aliphatic heterocycles. The zero-order valence-electron chi connectivity index (χ0n) is 14.4. The average Bonchev–Trinajstić information content (AvgIpc) is 2.65. The number of hydrogen-bond donors (Lipinski definition) is 0. The smallest absolute Gasteiger partial charge is 0.291 e. The third-order valence-corrected chi connectivity index (χ3v) is 4.58. The van der Waals surface area contributed by atoms with Crippen LogP contribution in [0.15, 0.2) is 66.7 Å². The van der Waals surface area contributed by atoms with E-state index in [9.17, 15) is 10.1 Å². The summed E-state index contributed by atoms with van der Waals surface area (Å²) in [5.41, 5.74) is 1.52. The Balaban J connectivity index is 2.00. The number of nitro benzene ring substituents is 1. The van der Waals surface area contributed by atoms with Gasteiger partial charge in [0.2, 0.25) is 0 Å². The van der Waals surface area contributed by atoms with E-state index in [1.54, 1.807) is 30.3 Å². The maximum atomic E-state index is 11.3. The third kappa shape index (κ3) is 4.51. The van der Waals surface area contributed by atoms with Gasteiger partial charge in [0.15, 0.2) is 10.8 Å². The predicted octanol–water partition coefficient (Wildman–Crippen LogP) is 6.33. The van der Waals surface area contributed by atoms with Crippen molar-refractivity contribution in [2.24, 2.45) is 0 Å². The van der Waals surface area contributed by atoms with Crippen LogP contribution in [0.2, 0.25) is 10.0 Å². The highest BCUT2D eigenvalue weighted by atomic mass is 35.5. The second-order valence-corrected chi connectivity index (χ2v) is 6.72. The van der Waals surface area contributed by atoms with Crippen LogP contribution < -0.4 is 9.64 Å². The van der Waals surface area contributed by atoms with Crippen LogP contribution in [0.1, 0.15) is 5.56 Å². The minimum atomic E-state index is -0.530. The van der Waals surface area contributed by atoms with Crippen molar-refractivity contribution in [1.82, 2.24) is 0 Å². The quantitative estimate of drug-likeness (QED) is 0.357. The van der Waals surface area contributed by atoms with Gasteiger partial charge in [-0.3, -0.25) is 10.1 Å². The van der Waals surface area contributed by atoms with Gasteiger partial charge in [0, 0.05) is 24.7 Å². The lowest BCUT2D eigenvalue weighted by Gasteiger charge is -2.23. The van der Waals surface area contributed by atoms with Crippen LogP contribution in [0.5, 0.6) is 11.5 Å². The van der Waals surface area contributed by atoms with Crippen LogP contribution in [-0.4, -0.2) is 12.0 Å². The number of halogens is 2. The van der Waals surface area contributed by atoms with Gasteiger partial charge in [-0.25, -0.2) is 0 Å². The van der Waals surface area contributed by atoms with Crippen LogP contribution in [0, 0.1) is 10.1 Å². The van der Waals surface area contributed by atoms with Gasteiger partial charge in [-0.05, 0) is 35.9 Å². The highest BCUT2D eigenvalue weighted by molar-refractivity contribution is 6.34. The van der Waals surface area contributed by atoms with Crippen molar-refractivity contribution >= 4 is 34.6 Å².